The van der Waals surface area contributed by atoms with E-state index in [1.165, 1.54) is 5.56 Å². The van der Waals surface area contributed by atoms with E-state index in [1.54, 1.807) is 7.11 Å². The molecular formula is C22H20N2O3. The summed E-state index contributed by atoms with van der Waals surface area (Å²) in [6.07, 6.45) is 3.31. The van der Waals surface area contributed by atoms with Crippen LogP contribution in [0.5, 0.6) is 5.75 Å². The average Bonchev–Trinajstić information content (AvgIpc) is 3.32. The van der Waals surface area contributed by atoms with E-state index in [0.717, 1.165) is 40.5 Å². The summed E-state index contributed by atoms with van der Waals surface area (Å²) in [5.41, 5.74) is 6.26. The molecule has 1 aliphatic heterocycles. The van der Waals surface area contributed by atoms with Gasteiger partial charge in [-0.15, -0.1) is 0 Å². The van der Waals surface area contributed by atoms with Gasteiger partial charge in [0.05, 0.1) is 24.9 Å². The molecule has 0 unspecified atom stereocenters. The Morgan fingerprint density at radius 1 is 1.15 bits per heavy atom. The summed E-state index contributed by atoms with van der Waals surface area (Å²) in [5.74, 6) is 0.00809. The smallest absolute Gasteiger partial charge is 0.303 e. The molecular weight excluding hydrogens is 340 g/mol. The number of ether oxygens (including phenoxy) is 1. The molecule has 0 atom stereocenters. The largest absolute Gasteiger partial charge is 0.497 e. The van der Waals surface area contributed by atoms with E-state index in [0.29, 0.717) is 6.42 Å². The van der Waals surface area contributed by atoms with E-state index >= 15 is 0 Å². The van der Waals surface area contributed by atoms with Crippen LogP contribution in [0.25, 0.3) is 16.9 Å². The minimum absolute atomic E-state index is 0.0973. The van der Waals surface area contributed by atoms with Crippen molar-refractivity contribution in [1.82, 2.24) is 4.57 Å². The summed E-state index contributed by atoms with van der Waals surface area (Å²) < 4.78 is 7.40. The number of methoxy groups -OCH3 is 1. The lowest BCUT2D eigenvalue weighted by Gasteiger charge is -2.15. The summed E-state index contributed by atoms with van der Waals surface area (Å²) in [5, 5.41) is 9.10. The van der Waals surface area contributed by atoms with E-state index < -0.39 is 5.97 Å². The van der Waals surface area contributed by atoms with E-state index in [9.17, 15) is 4.79 Å². The van der Waals surface area contributed by atoms with Gasteiger partial charge in [0.2, 0.25) is 0 Å². The quantitative estimate of drug-likeness (QED) is 0.707. The molecule has 0 bridgehead atoms. The number of fused-ring (bicyclic) bond motifs is 1. The van der Waals surface area contributed by atoms with Crippen molar-refractivity contribution in [1.29, 1.82) is 0 Å². The first-order valence-corrected chi connectivity index (χ1v) is 8.88. The van der Waals surface area contributed by atoms with Gasteiger partial charge in [-0.3, -0.25) is 9.79 Å². The number of nitrogens with zero attached hydrogens (tertiary/aromatic N) is 2. The molecule has 136 valence electrons. The van der Waals surface area contributed by atoms with E-state index in [2.05, 4.69) is 15.6 Å². The van der Waals surface area contributed by atoms with Gasteiger partial charge in [0.1, 0.15) is 5.75 Å². The van der Waals surface area contributed by atoms with Crippen molar-refractivity contribution in [3.8, 4) is 22.7 Å². The highest BCUT2D eigenvalue weighted by Crippen LogP contribution is 2.32. The summed E-state index contributed by atoms with van der Waals surface area (Å²) in [6, 6.07) is 18.1. The van der Waals surface area contributed by atoms with E-state index in [4.69, 9.17) is 9.84 Å². The number of rotatable bonds is 6. The van der Waals surface area contributed by atoms with Crippen molar-refractivity contribution in [2.24, 2.45) is 4.99 Å². The zero-order valence-electron chi connectivity index (χ0n) is 15.1. The number of aliphatic carboxylic acids is 1. The number of hydrogen-bond acceptors (Lipinski definition) is 3. The predicted molar refractivity (Wildman–Crippen MR) is 106 cm³/mol. The zero-order valence-corrected chi connectivity index (χ0v) is 15.1. The van der Waals surface area contributed by atoms with Crippen LogP contribution in [0, 0.1) is 0 Å². The summed E-state index contributed by atoms with van der Waals surface area (Å²) in [7, 11) is 1.65. The second kappa shape index (κ2) is 7.11. The van der Waals surface area contributed by atoms with Crippen molar-refractivity contribution >= 4 is 17.9 Å². The van der Waals surface area contributed by atoms with Crippen LogP contribution in [0.4, 0.5) is 5.69 Å². The van der Waals surface area contributed by atoms with Gasteiger partial charge in [-0.1, -0.05) is 0 Å². The normalized spacial score (nSPS) is 12.2. The Balaban J connectivity index is 1.80. The number of carbonyl (C=O) groups is 1. The fourth-order valence-electron chi connectivity index (χ4n) is 3.44. The van der Waals surface area contributed by atoms with Crippen molar-refractivity contribution < 1.29 is 14.6 Å². The van der Waals surface area contributed by atoms with E-state index in [1.807, 2.05) is 54.7 Å². The van der Waals surface area contributed by atoms with Crippen molar-refractivity contribution in [3.63, 3.8) is 0 Å². The number of hydrogen-bond donors (Lipinski definition) is 1. The van der Waals surface area contributed by atoms with Gasteiger partial charge >= 0.3 is 5.97 Å². The van der Waals surface area contributed by atoms with E-state index in [-0.39, 0.29) is 6.42 Å². The third kappa shape index (κ3) is 3.36. The average molecular weight is 360 g/mol. The Kier molecular flexibility index (Phi) is 4.50. The molecule has 0 spiro atoms. The number of carboxylic acids is 1. The lowest BCUT2D eigenvalue weighted by molar-refractivity contribution is -0.136. The highest BCUT2D eigenvalue weighted by atomic mass is 16.5. The van der Waals surface area contributed by atoms with Crippen LogP contribution in [0.3, 0.4) is 0 Å². The summed E-state index contributed by atoms with van der Waals surface area (Å²) >= 11 is 0. The van der Waals surface area contributed by atoms with Crippen LogP contribution in [-0.4, -0.2) is 29.0 Å². The fraction of sp³-hybridized carbons (Fsp3) is 0.182. The second-order valence-electron chi connectivity index (χ2n) is 6.50. The summed E-state index contributed by atoms with van der Waals surface area (Å²) in [4.78, 5) is 15.5. The SMILES string of the molecule is COc1ccc(-c2ccc(CCC(=O)O)n2-c2ccc3c(c2)CC=N3)cc1. The van der Waals surface area contributed by atoms with Crippen LogP contribution in [0.1, 0.15) is 17.7 Å². The highest BCUT2D eigenvalue weighted by molar-refractivity contribution is 5.77. The molecule has 2 aromatic carbocycles. The minimum atomic E-state index is -0.795. The molecule has 1 N–H and O–H groups in total. The van der Waals surface area contributed by atoms with Crippen LogP contribution >= 0.6 is 0 Å². The molecule has 27 heavy (non-hydrogen) atoms. The molecule has 0 radical (unpaired) electrons. The lowest BCUT2D eigenvalue weighted by Crippen LogP contribution is -2.05. The molecule has 0 aliphatic carbocycles. The van der Waals surface area contributed by atoms with Crippen molar-refractivity contribution in [2.45, 2.75) is 19.3 Å². The molecule has 4 rings (SSSR count). The Hall–Kier alpha value is -3.34. The Morgan fingerprint density at radius 3 is 2.70 bits per heavy atom. The van der Waals surface area contributed by atoms with Crippen LogP contribution in [0.2, 0.25) is 0 Å². The Bertz CT molecular complexity index is 1020. The van der Waals surface area contributed by atoms with Crippen molar-refractivity contribution in [3.05, 3.63) is 65.9 Å². The maximum atomic E-state index is 11.1. The molecule has 0 saturated carbocycles. The van der Waals surface area contributed by atoms with Crippen molar-refractivity contribution in [2.75, 3.05) is 7.11 Å². The number of aromatic nitrogens is 1. The van der Waals surface area contributed by atoms with Gasteiger partial charge in [-0.25, -0.2) is 0 Å². The molecule has 1 aromatic heterocycles. The van der Waals surface area contributed by atoms with Gasteiger partial charge < -0.3 is 14.4 Å². The highest BCUT2D eigenvalue weighted by Gasteiger charge is 2.15. The number of carboxylic acid groups (broad SMARTS) is 1. The third-order valence-corrected chi connectivity index (χ3v) is 4.81. The number of benzene rings is 2. The van der Waals surface area contributed by atoms with Crippen LogP contribution in [0.15, 0.2) is 59.6 Å². The van der Waals surface area contributed by atoms with Crippen LogP contribution in [-0.2, 0) is 17.6 Å². The maximum absolute atomic E-state index is 11.1. The standard InChI is InChI=1S/C22H20N2O3/c1-27-19-7-2-15(3-8-19)21-10-5-17(6-11-22(25)26)24(21)18-4-9-20-16(14-18)12-13-23-20/h2-5,7-10,13-14H,6,11-12H2,1H3,(H,25,26). The molecule has 0 saturated heterocycles. The molecule has 5 heteroatoms. The molecule has 0 fully saturated rings. The first kappa shape index (κ1) is 17.1. The Labute approximate surface area is 157 Å². The first-order chi connectivity index (χ1) is 13.2. The number of aliphatic imine (C=N–C) groups is 1. The predicted octanol–water partition coefficient (Wildman–Crippen LogP) is 4.43. The topological polar surface area (TPSA) is 63.8 Å². The lowest BCUT2D eigenvalue weighted by atomic mass is 10.1. The first-order valence-electron chi connectivity index (χ1n) is 8.88. The van der Waals surface area contributed by atoms with Crippen LogP contribution < -0.4 is 4.74 Å². The van der Waals surface area contributed by atoms with Gasteiger partial charge in [0.25, 0.3) is 0 Å². The molecule has 5 nitrogen and oxygen atoms in total. The summed E-state index contributed by atoms with van der Waals surface area (Å²) in [6.45, 7) is 0. The monoisotopic (exact) mass is 360 g/mol. The molecule has 0 amide bonds. The number of aryl methyl sites for hydroxylation is 1. The zero-order chi connectivity index (χ0) is 18.8. The fourth-order valence-corrected chi connectivity index (χ4v) is 3.44. The Morgan fingerprint density at radius 2 is 1.96 bits per heavy atom. The molecule has 2 heterocycles. The minimum Gasteiger partial charge on any atom is -0.497 e. The van der Waals surface area contributed by atoms with Gasteiger partial charge in [0.15, 0.2) is 0 Å². The molecule has 1 aliphatic rings. The van der Waals surface area contributed by atoms with Gasteiger partial charge in [-0.05, 0) is 72.1 Å². The van der Waals surface area contributed by atoms with Gasteiger partial charge in [0, 0.05) is 24.0 Å². The second-order valence-corrected chi connectivity index (χ2v) is 6.50. The third-order valence-electron chi connectivity index (χ3n) is 4.81. The van der Waals surface area contributed by atoms with Gasteiger partial charge in [-0.2, -0.15) is 0 Å². The maximum Gasteiger partial charge on any atom is 0.303 e. The molecule has 3 aromatic rings.